The van der Waals surface area contributed by atoms with Gasteiger partial charge >= 0.3 is 0 Å². The van der Waals surface area contributed by atoms with E-state index in [1.807, 2.05) is 17.5 Å². The average Bonchev–Trinajstić information content (AvgIpc) is 2.85. The number of halogens is 2. The molecule has 0 radical (unpaired) electrons. The molecule has 0 atom stereocenters. The minimum atomic E-state index is -0.324. The summed E-state index contributed by atoms with van der Waals surface area (Å²) in [6.07, 6.45) is 0. The molecule has 1 aromatic heterocycles. The number of hydrazine groups is 1. The summed E-state index contributed by atoms with van der Waals surface area (Å²) < 4.78 is 6.48. The van der Waals surface area contributed by atoms with Crippen LogP contribution < -0.4 is 16.0 Å². The first-order chi connectivity index (χ1) is 9.11. The van der Waals surface area contributed by atoms with Gasteiger partial charge in [-0.25, -0.2) is 5.84 Å². The Labute approximate surface area is 127 Å². The zero-order valence-corrected chi connectivity index (χ0v) is 12.8. The zero-order valence-electron chi connectivity index (χ0n) is 9.65. The Kier molecular flexibility index (Phi) is 4.81. The van der Waals surface area contributed by atoms with E-state index in [1.54, 1.807) is 12.1 Å². The molecule has 1 heterocycles. The normalized spacial score (nSPS) is 10.3. The molecule has 0 spiro atoms. The van der Waals surface area contributed by atoms with Crippen LogP contribution in [0.1, 0.15) is 15.2 Å². The van der Waals surface area contributed by atoms with Crippen LogP contribution in [-0.4, -0.2) is 5.91 Å². The Bertz CT molecular complexity index is 603. The SMILES string of the molecule is NNC(=O)c1sccc1COc1ccc(Br)cc1Cl. The van der Waals surface area contributed by atoms with E-state index in [-0.39, 0.29) is 12.5 Å². The summed E-state index contributed by atoms with van der Waals surface area (Å²) in [4.78, 5) is 12.0. The van der Waals surface area contributed by atoms with Gasteiger partial charge in [0.25, 0.3) is 5.91 Å². The van der Waals surface area contributed by atoms with E-state index >= 15 is 0 Å². The number of rotatable bonds is 4. The lowest BCUT2D eigenvalue weighted by Gasteiger charge is -2.08. The van der Waals surface area contributed by atoms with Gasteiger partial charge in [-0.2, -0.15) is 0 Å². The standard InChI is InChI=1S/C12H10BrClN2O2S/c13-8-1-2-10(9(14)5-8)18-6-7-3-4-19-11(7)12(17)16-15/h1-5H,6,15H2,(H,16,17). The van der Waals surface area contributed by atoms with Crippen molar-refractivity contribution in [1.82, 2.24) is 5.43 Å². The maximum Gasteiger partial charge on any atom is 0.275 e. The molecule has 3 N–H and O–H groups in total. The van der Waals surface area contributed by atoms with Crippen LogP contribution in [0.3, 0.4) is 0 Å². The summed E-state index contributed by atoms with van der Waals surface area (Å²) in [7, 11) is 0. The van der Waals surface area contributed by atoms with Crippen molar-refractivity contribution in [2.24, 2.45) is 5.84 Å². The molecule has 19 heavy (non-hydrogen) atoms. The lowest BCUT2D eigenvalue weighted by molar-refractivity contribution is 0.0955. The maximum absolute atomic E-state index is 11.5. The number of hydrogen-bond donors (Lipinski definition) is 2. The number of carbonyl (C=O) groups is 1. The topological polar surface area (TPSA) is 64.3 Å². The second-order valence-electron chi connectivity index (χ2n) is 3.61. The molecule has 1 amide bonds. The Morgan fingerprint density at radius 3 is 2.95 bits per heavy atom. The van der Waals surface area contributed by atoms with Gasteiger partial charge in [0.15, 0.2) is 0 Å². The first kappa shape index (κ1) is 14.3. The summed E-state index contributed by atoms with van der Waals surface area (Å²) >= 11 is 10.7. The first-order valence-corrected chi connectivity index (χ1v) is 7.32. The fourth-order valence-electron chi connectivity index (χ4n) is 1.46. The Morgan fingerprint density at radius 2 is 2.26 bits per heavy atom. The molecule has 0 saturated carbocycles. The minimum absolute atomic E-state index is 0.258. The average molecular weight is 362 g/mol. The molecule has 2 rings (SSSR count). The second-order valence-corrected chi connectivity index (χ2v) is 5.85. The highest BCUT2D eigenvalue weighted by molar-refractivity contribution is 9.10. The van der Waals surface area contributed by atoms with Crippen molar-refractivity contribution in [3.63, 3.8) is 0 Å². The molecule has 0 aliphatic carbocycles. The number of benzene rings is 1. The maximum atomic E-state index is 11.5. The van der Waals surface area contributed by atoms with E-state index in [0.29, 0.717) is 15.6 Å². The summed E-state index contributed by atoms with van der Waals surface area (Å²) in [5.41, 5.74) is 2.88. The fourth-order valence-corrected chi connectivity index (χ4v) is 3.00. The first-order valence-electron chi connectivity index (χ1n) is 5.27. The summed E-state index contributed by atoms with van der Waals surface area (Å²) in [6.45, 7) is 0.258. The third-order valence-corrected chi connectivity index (χ3v) is 4.11. The fraction of sp³-hybridized carbons (Fsp3) is 0.0833. The van der Waals surface area contributed by atoms with Gasteiger partial charge in [-0.1, -0.05) is 27.5 Å². The van der Waals surface area contributed by atoms with E-state index in [0.717, 1.165) is 10.0 Å². The predicted octanol–water partition coefficient (Wildman–Crippen LogP) is 3.35. The van der Waals surface area contributed by atoms with Crippen molar-refractivity contribution in [3.05, 3.63) is 49.6 Å². The molecule has 0 aliphatic heterocycles. The van der Waals surface area contributed by atoms with Crippen molar-refractivity contribution >= 4 is 44.8 Å². The third-order valence-electron chi connectivity index (χ3n) is 2.36. The van der Waals surface area contributed by atoms with Crippen LogP contribution >= 0.6 is 38.9 Å². The molecule has 0 saturated heterocycles. The molecule has 1 aromatic carbocycles. The minimum Gasteiger partial charge on any atom is -0.487 e. The van der Waals surface area contributed by atoms with Crippen LogP contribution in [0, 0.1) is 0 Å². The lowest BCUT2D eigenvalue weighted by atomic mass is 10.2. The van der Waals surface area contributed by atoms with Gasteiger partial charge in [-0.05, 0) is 29.6 Å². The quantitative estimate of drug-likeness (QED) is 0.499. The number of nitrogen functional groups attached to an aromatic ring is 1. The molecule has 7 heteroatoms. The molecule has 0 aliphatic rings. The molecule has 4 nitrogen and oxygen atoms in total. The highest BCUT2D eigenvalue weighted by Gasteiger charge is 2.13. The van der Waals surface area contributed by atoms with Gasteiger partial charge in [0.2, 0.25) is 0 Å². The molecule has 100 valence electrons. The van der Waals surface area contributed by atoms with Crippen LogP contribution in [-0.2, 0) is 6.61 Å². The Morgan fingerprint density at radius 1 is 1.47 bits per heavy atom. The van der Waals surface area contributed by atoms with Crippen LogP contribution in [0.4, 0.5) is 0 Å². The zero-order chi connectivity index (χ0) is 13.8. The van der Waals surface area contributed by atoms with Crippen LogP contribution in [0.15, 0.2) is 34.1 Å². The van der Waals surface area contributed by atoms with Crippen molar-refractivity contribution in [1.29, 1.82) is 0 Å². The number of hydrogen-bond acceptors (Lipinski definition) is 4. The van der Waals surface area contributed by atoms with Gasteiger partial charge in [0.05, 0.1) is 9.90 Å². The molecular formula is C12H10BrClN2O2S. The molecule has 0 unspecified atom stereocenters. The number of carbonyl (C=O) groups excluding carboxylic acids is 1. The summed E-state index contributed by atoms with van der Waals surface area (Å²) in [5.74, 6) is 5.36. The third kappa shape index (κ3) is 3.48. The van der Waals surface area contributed by atoms with Crippen LogP contribution in [0.5, 0.6) is 5.75 Å². The van der Waals surface area contributed by atoms with E-state index in [4.69, 9.17) is 22.2 Å². The predicted molar refractivity (Wildman–Crippen MR) is 79.5 cm³/mol. The van der Waals surface area contributed by atoms with Crippen LogP contribution in [0.2, 0.25) is 5.02 Å². The van der Waals surface area contributed by atoms with Gasteiger partial charge in [0, 0.05) is 10.0 Å². The number of nitrogens with one attached hydrogen (secondary N) is 1. The number of amides is 1. The van der Waals surface area contributed by atoms with Gasteiger partial charge in [-0.3, -0.25) is 10.2 Å². The van der Waals surface area contributed by atoms with E-state index in [9.17, 15) is 4.79 Å². The monoisotopic (exact) mass is 360 g/mol. The van der Waals surface area contributed by atoms with E-state index in [1.165, 1.54) is 11.3 Å². The van der Waals surface area contributed by atoms with Crippen molar-refractivity contribution < 1.29 is 9.53 Å². The highest BCUT2D eigenvalue weighted by Crippen LogP contribution is 2.29. The van der Waals surface area contributed by atoms with Gasteiger partial charge in [-0.15, -0.1) is 11.3 Å². The number of ether oxygens (including phenoxy) is 1. The smallest absolute Gasteiger partial charge is 0.275 e. The van der Waals surface area contributed by atoms with E-state index < -0.39 is 0 Å². The highest BCUT2D eigenvalue weighted by atomic mass is 79.9. The number of nitrogens with two attached hydrogens (primary N) is 1. The van der Waals surface area contributed by atoms with Crippen molar-refractivity contribution in [2.45, 2.75) is 6.61 Å². The largest absolute Gasteiger partial charge is 0.487 e. The van der Waals surface area contributed by atoms with Gasteiger partial charge in [0.1, 0.15) is 12.4 Å². The Hall–Kier alpha value is -1.08. The van der Waals surface area contributed by atoms with Gasteiger partial charge < -0.3 is 4.74 Å². The molecular weight excluding hydrogens is 352 g/mol. The lowest BCUT2D eigenvalue weighted by Crippen LogP contribution is -2.30. The van der Waals surface area contributed by atoms with Crippen molar-refractivity contribution in [3.8, 4) is 5.75 Å². The second kappa shape index (κ2) is 6.38. The number of thiophene rings is 1. The Balaban J connectivity index is 2.10. The molecule has 0 bridgehead atoms. The molecule has 2 aromatic rings. The van der Waals surface area contributed by atoms with Crippen molar-refractivity contribution in [2.75, 3.05) is 0 Å². The summed E-state index contributed by atoms with van der Waals surface area (Å²) in [6, 6.07) is 7.17. The van der Waals surface area contributed by atoms with Crippen LogP contribution in [0.25, 0.3) is 0 Å². The van der Waals surface area contributed by atoms with E-state index in [2.05, 4.69) is 21.4 Å². The summed E-state index contributed by atoms with van der Waals surface area (Å²) in [5, 5.41) is 2.32. The molecule has 0 fully saturated rings.